The van der Waals surface area contributed by atoms with Crippen molar-refractivity contribution in [3.05, 3.63) is 29.6 Å². The SMILES string of the molecule is CNCC(=O)NC(c1ncccc1C)C(C)C. The molecule has 94 valence electrons. The summed E-state index contributed by atoms with van der Waals surface area (Å²) in [5.41, 5.74) is 2.06. The average Bonchev–Trinajstić information content (AvgIpc) is 2.27. The van der Waals surface area contributed by atoms with E-state index in [0.717, 1.165) is 11.3 Å². The molecule has 0 aliphatic rings. The number of hydrogen-bond acceptors (Lipinski definition) is 3. The van der Waals surface area contributed by atoms with Gasteiger partial charge in [-0.2, -0.15) is 0 Å². The minimum atomic E-state index is -0.0305. The predicted octanol–water partition coefficient (Wildman–Crippen LogP) is 1.42. The van der Waals surface area contributed by atoms with E-state index in [1.807, 2.05) is 19.1 Å². The molecule has 0 radical (unpaired) electrons. The lowest BCUT2D eigenvalue weighted by Gasteiger charge is -2.23. The number of likely N-dealkylation sites (N-methyl/N-ethyl adjacent to an activating group) is 1. The van der Waals surface area contributed by atoms with Crippen LogP contribution >= 0.6 is 0 Å². The molecule has 1 heterocycles. The van der Waals surface area contributed by atoms with E-state index < -0.39 is 0 Å². The average molecular weight is 235 g/mol. The Morgan fingerprint density at radius 3 is 2.71 bits per heavy atom. The quantitative estimate of drug-likeness (QED) is 0.811. The highest BCUT2D eigenvalue weighted by Crippen LogP contribution is 2.22. The molecule has 0 saturated carbocycles. The Morgan fingerprint density at radius 1 is 1.47 bits per heavy atom. The van der Waals surface area contributed by atoms with Gasteiger partial charge >= 0.3 is 0 Å². The van der Waals surface area contributed by atoms with Gasteiger partial charge in [-0.15, -0.1) is 0 Å². The van der Waals surface area contributed by atoms with Crippen molar-refractivity contribution < 1.29 is 4.79 Å². The van der Waals surface area contributed by atoms with Gasteiger partial charge in [-0.3, -0.25) is 9.78 Å². The van der Waals surface area contributed by atoms with Gasteiger partial charge in [0.1, 0.15) is 0 Å². The molecule has 0 spiro atoms. The fourth-order valence-corrected chi connectivity index (χ4v) is 1.76. The van der Waals surface area contributed by atoms with Crippen LogP contribution < -0.4 is 10.6 Å². The number of rotatable bonds is 5. The molecule has 17 heavy (non-hydrogen) atoms. The van der Waals surface area contributed by atoms with Crippen LogP contribution in [0.1, 0.15) is 31.1 Å². The largest absolute Gasteiger partial charge is 0.346 e. The van der Waals surface area contributed by atoms with E-state index in [1.54, 1.807) is 13.2 Å². The number of nitrogens with one attached hydrogen (secondary N) is 2. The fourth-order valence-electron chi connectivity index (χ4n) is 1.76. The van der Waals surface area contributed by atoms with Crippen molar-refractivity contribution in [3.8, 4) is 0 Å². The summed E-state index contributed by atoms with van der Waals surface area (Å²) in [4.78, 5) is 16.0. The molecule has 0 aliphatic heterocycles. The second kappa shape index (κ2) is 6.35. The number of amides is 1. The standard InChI is InChI=1S/C13H21N3O/c1-9(2)12(16-11(17)8-14-4)13-10(3)6-5-7-15-13/h5-7,9,12,14H,8H2,1-4H3,(H,16,17). The minimum Gasteiger partial charge on any atom is -0.346 e. The third-order valence-corrected chi connectivity index (χ3v) is 2.67. The van der Waals surface area contributed by atoms with Crippen LogP contribution in [0.25, 0.3) is 0 Å². The van der Waals surface area contributed by atoms with Crippen LogP contribution in [0.4, 0.5) is 0 Å². The van der Waals surface area contributed by atoms with Crippen LogP contribution in [0, 0.1) is 12.8 Å². The molecule has 0 aliphatic carbocycles. The van der Waals surface area contributed by atoms with Crippen molar-refractivity contribution in [1.29, 1.82) is 0 Å². The van der Waals surface area contributed by atoms with E-state index in [9.17, 15) is 4.79 Å². The van der Waals surface area contributed by atoms with Crippen molar-refractivity contribution in [2.75, 3.05) is 13.6 Å². The molecular formula is C13H21N3O. The van der Waals surface area contributed by atoms with E-state index in [1.165, 1.54) is 0 Å². The molecular weight excluding hydrogens is 214 g/mol. The Balaban J connectivity index is 2.87. The zero-order chi connectivity index (χ0) is 12.8. The van der Waals surface area contributed by atoms with Gasteiger partial charge in [-0.05, 0) is 31.5 Å². The zero-order valence-electron chi connectivity index (χ0n) is 10.9. The predicted molar refractivity (Wildman–Crippen MR) is 68.6 cm³/mol. The van der Waals surface area contributed by atoms with Crippen LogP contribution in [-0.4, -0.2) is 24.5 Å². The third-order valence-electron chi connectivity index (χ3n) is 2.67. The molecule has 1 atom stereocenters. The first kappa shape index (κ1) is 13.6. The van der Waals surface area contributed by atoms with Crippen LogP contribution in [0.5, 0.6) is 0 Å². The van der Waals surface area contributed by atoms with Crippen molar-refractivity contribution in [1.82, 2.24) is 15.6 Å². The Kier molecular flexibility index (Phi) is 5.10. The van der Waals surface area contributed by atoms with Crippen LogP contribution in [-0.2, 0) is 4.79 Å². The second-order valence-corrected chi connectivity index (χ2v) is 4.53. The highest BCUT2D eigenvalue weighted by molar-refractivity contribution is 5.78. The summed E-state index contributed by atoms with van der Waals surface area (Å²) in [6.07, 6.45) is 1.77. The maximum absolute atomic E-state index is 11.6. The topological polar surface area (TPSA) is 54.0 Å². The second-order valence-electron chi connectivity index (χ2n) is 4.53. The molecule has 4 nitrogen and oxygen atoms in total. The molecule has 0 fully saturated rings. The monoisotopic (exact) mass is 235 g/mol. The maximum Gasteiger partial charge on any atom is 0.234 e. The van der Waals surface area contributed by atoms with E-state index in [0.29, 0.717) is 12.5 Å². The maximum atomic E-state index is 11.6. The van der Waals surface area contributed by atoms with Crippen LogP contribution in [0.2, 0.25) is 0 Å². The van der Waals surface area contributed by atoms with Crippen molar-refractivity contribution in [2.45, 2.75) is 26.8 Å². The molecule has 1 amide bonds. The van der Waals surface area contributed by atoms with Gasteiger partial charge in [0, 0.05) is 6.20 Å². The number of nitrogens with zero attached hydrogens (tertiary/aromatic N) is 1. The summed E-state index contributed by atoms with van der Waals surface area (Å²) in [7, 11) is 1.76. The van der Waals surface area contributed by atoms with Gasteiger partial charge in [-0.25, -0.2) is 0 Å². The first-order valence-electron chi connectivity index (χ1n) is 5.91. The van der Waals surface area contributed by atoms with E-state index in [2.05, 4.69) is 29.5 Å². The molecule has 2 N–H and O–H groups in total. The van der Waals surface area contributed by atoms with Crippen molar-refractivity contribution in [3.63, 3.8) is 0 Å². The van der Waals surface area contributed by atoms with Gasteiger partial charge < -0.3 is 10.6 Å². The highest BCUT2D eigenvalue weighted by Gasteiger charge is 2.20. The van der Waals surface area contributed by atoms with Crippen molar-refractivity contribution in [2.24, 2.45) is 5.92 Å². The molecule has 0 bridgehead atoms. The Morgan fingerprint density at radius 2 is 2.18 bits per heavy atom. The number of pyridine rings is 1. The molecule has 1 aromatic heterocycles. The van der Waals surface area contributed by atoms with Gasteiger partial charge in [-0.1, -0.05) is 19.9 Å². The van der Waals surface area contributed by atoms with Gasteiger partial charge in [0.2, 0.25) is 5.91 Å². The molecule has 4 heteroatoms. The molecule has 0 aromatic carbocycles. The summed E-state index contributed by atoms with van der Waals surface area (Å²) in [6, 6.07) is 3.89. The summed E-state index contributed by atoms with van der Waals surface area (Å²) in [5.74, 6) is 0.306. The summed E-state index contributed by atoms with van der Waals surface area (Å²) >= 11 is 0. The Labute approximate surface area is 103 Å². The number of aromatic nitrogens is 1. The number of hydrogen-bond donors (Lipinski definition) is 2. The van der Waals surface area contributed by atoms with Crippen molar-refractivity contribution >= 4 is 5.91 Å². The van der Waals surface area contributed by atoms with Gasteiger partial charge in [0.25, 0.3) is 0 Å². The van der Waals surface area contributed by atoms with Crippen LogP contribution in [0.15, 0.2) is 18.3 Å². The summed E-state index contributed by atoms with van der Waals surface area (Å²) in [5, 5.41) is 5.86. The fraction of sp³-hybridized carbons (Fsp3) is 0.538. The van der Waals surface area contributed by atoms with Crippen LogP contribution in [0.3, 0.4) is 0 Å². The van der Waals surface area contributed by atoms with E-state index >= 15 is 0 Å². The lowest BCUT2D eigenvalue weighted by atomic mass is 9.97. The Hall–Kier alpha value is -1.42. The van der Waals surface area contributed by atoms with Gasteiger partial charge in [0.15, 0.2) is 0 Å². The first-order chi connectivity index (χ1) is 8.06. The third kappa shape index (κ3) is 3.82. The lowest BCUT2D eigenvalue weighted by molar-refractivity contribution is -0.121. The minimum absolute atomic E-state index is 0.00347. The first-order valence-corrected chi connectivity index (χ1v) is 5.91. The smallest absolute Gasteiger partial charge is 0.234 e. The summed E-state index contributed by atoms with van der Waals surface area (Å²) in [6.45, 7) is 6.51. The van der Waals surface area contributed by atoms with E-state index in [-0.39, 0.29) is 11.9 Å². The number of carbonyl (C=O) groups excluding carboxylic acids is 1. The lowest BCUT2D eigenvalue weighted by Crippen LogP contribution is -2.37. The number of carbonyl (C=O) groups is 1. The highest BCUT2D eigenvalue weighted by atomic mass is 16.1. The van der Waals surface area contributed by atoms with E-state index in [4.69, 9.17) is 0 Å². The summed E-state index contributed by atoms with van der Waals surface area (Å²) < 4.78 is 0. The number of aryl methyl sites for hydroxylation is 1. The zero-order valence-corrected chi connectivity index (χ0v) is 10.9. The normalized spacial score (nSPS) is 12.5. The molecule has 0 saturated heterocycles. The molecule has 1 rings (SSSR count). The molecule has 1 aromatic rings. The Bertz CT molecular complexity index is 377. The van der Waals surface area contributed by atoms with Gasteiger partial charge in [0.05, 0.1) is 18.3 Å². The molecule has 1 unspecified atom stereocenters.